The summed E-state index contributed by atoms with van der Waals surface area (Å²) >= 11 is 0. The highest BCUT2D eigenvalue weighted by atomic mass is 16.5. The molecule has 0 aliphatic heterocycles. The highest BCUT2D eigenvalue weighted by Gasteiger charge is 2.13. The van der Waals surface area contributed by atoms with E-state index in [1.165, 1.54) is 6.92 Å². The number of nitrogens with one attached hydrogen (secondary N) is 1. The lowest BCUT2D eigenvalue weighted by Crippen LogP contribution is -2.10. The second kappa shape index (κ2) is 6.70. The Hall–Kier alpha value is -2.62. The molecule has 0 aromatic heterocycles. The molecule has 0 bridgehead atoms. The number of carbonyl (C=O) groups excluding carboxylic acids is 2. The lowest BCUT2D eigenvalue weighted by molar-refractivity contribution is -0.114. The number of anilines is 1. The molecule has 0 fully saturated rings. The predicted octanol–water partition coefficient (Wildman–Crippen LogP) is 3.56. The molecule has 0 saturated carbocycles. The number of carbonyl (C=O) groups is 2. The molecule has 2 rings (SSSR count). The third kappa shape index (κ3) is 4.18. The summed E-state index contributed by atoms with van der Waals surface area (Å²) in [6.07, 6.45) is -0.397. The van der Waals surface area contributed by atoms with Gasteiger partial charge in [-0.1, -0.05) is 30.3 Å². The van der Waals surface area contributed by atoms with Gasteiger partial charge in [-0.15, -0.1) is 0 Å². The van der Waals surface area contributed by atoms with Crippen LogP contribution < -0.4 is 5.32 Å². The van der Waals surface area contributed by atoms with E-state index in [1.807, 2.05) is 18.2 Å². The number of benzene rings is 2. The van der Waals surface area contributed by atoms with Crippen LogP contribution >= 0.6 is 0 Å². The Labute approximate surface area is 123 Å². The van der Waals surface area contributed by atoms with Crippen molar-refractivity contribution in [2.75, 3.05) is 5.32 Å². The molecule has 1 unspecified atom stereocenters. The quantitative estimate of drug-likeness (QED) is 0.873. The van der Waals surface area contributed by atoms with E-state index in [2.05, 4.69) is 5.32 Å². The van der Waals surface area contributed by atoms with Gasteiger partial charge in [-0.05, 0) is 36.8 Å². The molecule has 0 aliphatic rings. The van der Waals surface area contributed by atoms with E-state index in [0.29, 0.717) is 11.3 Å². The summed E-state index contributed by atoms with van der Waals surface area (Å²) in [5.74, 6) is -0.505. The predicted molar refractivity (Wildman–Crippen MR) is 81.0 cm³/mol. The molecular weight excluding hydrogens is 266 g/mol. The molecule has 2 aromatic carbocycles. The van der Waals surface area contributed by atoms with Gasteiger partial charge in [-0.3, -0.25) is 4.79 Å². The fourth-order valence-electron chi connectivity index (χ4n) is 1.94. The number of hydrogen-bond acceptors (Lipinski definition) is 3. The molecule has 2 aromatic rings. The van der Waals surface area contributed by atoms with Crippen LogP contribution in [0.5, 0.6) is 0 Å². The number of hydrogen-bond donors (Lipinski definition) is 1. The van der Waals surface area contributed by atoms with Crippen molar-refractivity contribution >= 4 is 17.6 Å². The van der Waals surface area contributed by atoms with Gasteiger partial charge in [-0.25, -0.2) is 4.79 Å². The SMILES string of the molecule is CC(=O)Nc1cccc(C(C)OC(=O)c2ccccc2)c1. The molecule has 4 heteroatoms. The summed E-state index contributed by atoms with van der Waals surface area (Å²) in [4.78, 5) is 23.1. The fraction of sp³-hybridized carbons (Fsp3) is 0.176. The van der Waals surface area contributed by atoms with Crippen molar-refractivity contribution < 1.29 is 14.3 Å². The summed E-state index contributed by atoms with van der Waals surface area (Å²) in [5, 5.41) is 2.71. The average Bonchev–Trinajstić information content (AvgIpc) is 2.47. The van der Waals surface area contributed by atoms with Gasteiger partial charge in [0.2, 0.25) is 5.91 Å². The first-order valence-corrected chi connectivity index (χ1v) is 6.70. The normalized spacial score (nSPS) is 11.5. The zero-order chi connectivity index (χ0) is 15.2. The third-order valence-corrected chi connectivity index (χ3v) is 2.97. The van der Waals surface area contributed by atoms with E-state index in [1.54, 1.807) is 43.3 Å². The molecule has 0 saturated heterocycles. The largest absolute Gasteiger partial charge is 0.454 e. The van der Waals surface area contributed by atoms with Gasteiger partial charge in [0.15, 0.2) is 0 Å². The van der Waals surface area contributed by atoms with Crippen LogP contribution in [0.1, 0.15) is 35.9 Å². The minimum atomic E-state index is -0.397. The Balaban J connectivity index is 2.08. The van der Waals surface area contributed by atoms with Crippen LogP contribution in [0.25, 0.3) is 0 Å². The van der Waals surface area contributed by atoms with Crippen LogP contribution in [-0.4, -0.2) is 11.9 Å². The van der Waals surface area contributed by atoms with Crippen LogP contribution in [-0.2, 0) is 9.53 Å². The summed E-state index contributed by atoms with van der Waals surface area (Å²) < 4.78 is 5.43. The molecule has 1 amide bonds. The van der Waals surface area contributed by atoms with E-state index in [9.17, 15) is 9.59 Å². The lowest BCUT2D eigenvalue weighted by atomic mass is 10.1. The van der Waals surface area contributed by atoms with Gasteiger partial charge in [0, 0.05) is 12.6 Å². The van der Waals surface area contributed by atoms with Gasteiger partial charge in [-0.2, -0.15) is 0 Å². The number of esters is 1. The van der Waals surface area contributed by atoms with Crippen molar-refractivity contribution in [2.45, 2.75) is 20.0 Å². The van der Waals surface area contributed by atoms with Gasteiger partial charge in [0.25, 0.3) is 0 Å². The third-order valence-electron chi connectivity index (χ3n) is 2.97. The van der Waals surface area contributed by atoms with Gasteiger partial charge < -0.3 is 10.1 Å². The lowest BCUT2D eigenvalue weighted by Gasteiger charge is -2.14. The van der Waals surface area contributed by atoms with E-state index >= 15 is 0 Å². The Morgan fingerprint density at radius 1 is 1.05 bits per heavy atom. The first kappa shape index (κ1) is 14.8. The van der Waals surface area contributed by atoms with Crippen molar-refractivity contribution in [1.29, 1.82) is 0 Å². The molecule has 1 atom stereocenters. The Kier molecular flexibility index (Phi) is 4.72. The highest BCUT2D eigenvalue weighted by Crippen LogP contribution is 2.21. The van der Waals surface area contributed by atoms with Gasteiger partial charge >= 0.3 is 5.97 Å². The van der Waals surface area contributed by atoms with Crippen molar-refractivity contribution in [3.05, 3.63) is 65.7 Å². The maximum atomic E-state index is 12.0. The van der Waals surface area contributed by atoms with E-state index in [0.717, 1.165) is 5.56 Å². The first-order valence-electron chi connectivity index (χ1n) is 6.70. The Bertz CT molecular complexity index is 637. The van der Waals surface area contributed by atoms with Crippen LogP contribution in [0.3, 0.4) is 0 Å². The number of rotatable bonds is 4. The monoisotopic (exact) mass is 283 g/mol. The average molecular weight is 283 g/mol. The molecule has 0 radical (unpaired) electrons. The fourth-order valence-corrected chi connectivity index (χ4v) is 1.94. The zero-order valence-electron chi connectivity index (χ0n) is 12.0. The van der Waals surface area contributed by atoms with Gasteiger partial charge in [0.05, 0.1) is 5.56 Å². The molecule has 1 N–H and O–H groups in total. The van der Waals surface area contributed by atoms with Crippen LogP contribution in [0, 0.1) is 0 Å². The summed E-state index contributed by atoms with van der Waals surface area (Å²) in [7, 11) is 0. The van der Waals surface area contributed by atoms with Gasteiger partial charge in [0.1, 0.15) is 6.10 Å². The number of amides is 1. The molecule has 21 heavy (non-hydrogen) atoms. The van der Waals surface area contributed by atoms with Crippen LogP contribution in [0.2, 0.25) is 0 Å². The van der Waals surface area contributed by atoms with Crippen molar-refractivity contribution in [2.24, 2.45) is 0 Å². The van der Waals surface area contributed by atoms with Crippen molar-refractivity contribution in [1.82, 2.24) is 0 Å². The molecular formula is C17H17NO3. The first-order chi connectivity index (χ1) is 10.1. The standard InChI is InChI=1S/C17H17NO3/c1-12(21-17(20)14-7-4-3-5-8-14)15-9-6-10-16(11-15)18-13(2)19/h3-12H,1-2H3,(H,18,19). The molecule has 0 spiro atoms. The summed E-state index contributed by atoms with van der Waals surface area (Å²) in [6.45, 7) is 3.25. The molecule has 4 nitrogen and oxygen atoms in total. The smallest absolute Gasteiger partial charge is 0.338 e. The minimum absolute atomic E-state index is 0.138. The Morgan fingerprint density at radius 3 is 2.43 bits per heavy atom. The topological polar surface area (TPSA) is 55.4 Å². The van der Waals surface area contributed by atoms with Crippen LogP contribution in [0.15, 0.2) is 54.6 Å². The summed E-state index contributed by atoms with van der Waals surface area (Å²) in [5.41, 5.74) is 2.02. The molecule has 108 valence electrons. The number of ether oxygens (including phenoxy) is 1. The molecule has 0 heterocycles. The second-order valence-corrected chi connectivity index (χ2v) is 4.72. The van der Waals surface area contributed by atoms with E-state index in [4.69, 9.17) is 4.74 Å². The zero-order valence-corrected chi connectivity index (χ0v) is 12.0. The maximum Gasteiger partial charge on any atom is 0.338 e. The van der Waals surface area contributed by atoms with Crippen molar-refractivity contribution in [3.8, 4) is 0 Å². The van der Waals surface area contributed by atoms with Crippen LogP contribution in [0.4, 0.5) is 5.69 Å². The summed E-state index contributed by atoms with van der Waals surface area (Å²) in [6, 6.07) is 16.1. The van der Waals surface area contributed by atoms with E-state index in [-0.39, 0.29) is 11.9 Å². The molecule has 0 aliphatic carbocycles. The Morgan fingerprint density at radius 2 is 1.76 bits per heavy atom. The highest BCUT2D eigenvalue weighted by molar-refractivity contribution is 5.90. The van der Waals surface area contributed by atoms with E-state index < -0.39 is 6.10 Å². The minimum Gasteiger partial charge on any atom is -0.454 e. The second-order valence-electron chi connectivity index (χ2n) is 4.72. The maximum absolute atomic E-state index is 12.0. The van der Waals surface area contributed by atoms with Crippen molar-refractivity contribution in [3.63, 3.8) is 0 Å².